The number of hydrogen-bond acceptors (Lipinski definition) is 5. The van der Waals surface area contributed by atoms with Crippen LogP contribution >= 0.6 is 21.6 Å². The van der Waals surface area contributed by atoms with Gasteiger partial charge in [0.2, 0.25) is 5.91 Å². The van der Waals surface area contributed by atoms with E-state index in [-0.39, 0.29) is 12.5 Å². The van der Waals surface area contributed by atoms with E-state index in [1.165, 1.54) is 18.6 Å². The summed E-state index contributed by atoms with van der Waals surface area (Å²) in [6.07, 6.45) is 4.19. The molecule has 1 rings (SSSR count). The van der Waals surface area contributed by atoms with Crippen molar-refractivity contribution in [3.63, 3.8) is 0 Å². The molecule has 0 aromatic heterocycles. The highest BCUT2D eigenvalue weighted by Crippen LogP contribution is 2.39. The smallest absolute Gasteiger partial charge is 0.220 e. The highest BCUT2D eigenvalue weighted by Gasteiger charge is 2.17. The predicted octanol–water partition coefficient (Wildman–Crippen LogP) is 1.56. The molecule has 1 aliphatic rings. The van der Waals surface area contributed by atoms with E-state index in [2.05, 4.69) is 5.32 Å². The Kier molecular flexibility index (Phi) is 8.13. The van der Waals surface area contributed by atoms with Gasteiger partial charge in [0.25, 0.3) is 0 Å². The molecule has 0 aromatic rings. The number of unbranched alkanes of at least 4 members (excludes halogenated alkanes) is 1. The summed E-state index contributed by atoms with van der Waals surface area (Å²) >= 11 is 0. The Morgan fingerprint density at radius 1 is 1.50 bits per heavy atom. The fourth-order valence-electron chi connectivity index (χ4n) is 1.82. The Balaban J connectivity index is 2.05. The Morgan fingerprint density at radius 2 is 2.28 bits per heavy atom. The molecule has 0 radical (unpaired) electrons. The number of aliphatic hydroxyl groups excluding tert-OH is 2. The van der Waals surface area contributed by atoms with Crippen LogP contribution in [0.15, 0.2) is 0 Å². The number of amides is 1. The molecule has 0 spiro atoms. The molecule has 6 heteroatoms. The summed E-state index contributed by atoms with van der Waals surface area (Å²) in [7, 11) is 3.91. The minimum Gasteiger partial charge on any atom is -0.394 e. The van der Waals surface area contributed by atoms with Crippen molar-refractivity contribution < 1.29 is 15.0 Å². The fraction of sp³-hybridized carbons (Fsp3) is 0.917. The molecule has 0 unspecified atom stereocenters. The van der Waals surface area contributed by atoms with Gasteiger partial charge in [-0.2, -0.15) is 0 Å². The number of rotatable bonds is 8. The first kappa shape index (κ1) is 16.1. The fourth-order valence-corrected chi connectivity index (χ4v) is 4.85. The van der Waals surface area contributed by atoms with Gasteiger partial charge in [0.05, 0.1) is 18.8 Å². The van der Waals surface area contributed by atoms with Crippen LogP contribution in [0.2, 0.25) is 0 Å². The van der Waals surface area contributed by atoms with Crippen LogP contribution < -0.4 is 5.32 Å². The molecule has 1 heterocycles. The summed E-state index contributed by atoms with van der Waals surface area (Å²) in [5, 5.41) is 21.7. The molecule has 0 aliphatic carbocycles. The van der Waals surface area contributed by atoms with Crippen LogP contribution in [0.25, 0.3) is 0 Å². The van der Waals surface area contributed by atoms with E-state index in [1.807, 2.05) is 21.6 Å². The molecule has 0 saturated carbocycles. The highest BCUT2D eigenvalue weighted by molar-refractivity contribution is 8.77. The predicted molar refractivity (Wildman–Crippen MR) is 77.6 cm³/mol. The second-order valence-corrected chi connectivity index (χ2v) is 7.46. The topological polar surface area (TPSA) is 69.6 Å². The summed E-state index contributed by atoms with van der Waals surface area (Å²) in [6.45, 7) is 1.34. The standard InChI is InChI=1S/C12H23NO3S2/c1-9(15)11(8-14)13-12(16)5-3-2-4-10-6-7-17-18-10/h9-11,14-15H,2-8H2,1H3,(H,13,16)/t9-,10-,11+/m0/s1. The maximum absolute atomic E-state index is 11.6. The average Bonchev–Trinajstić information content (AvgIpc) is 2.84. The molecule has 3 N–H and O–H groups in total. The molecule has 1 fully saturated rings. The second-order valence-electron chi connectivity index (χ2n) is 4.67. The van der Waals surface area contributed by atoms with E-state index in [9.17, 15) is 9.90 Å². The highest BCUT2D eigenvalue weighted by atomic mass is 33.1. The quantitative estimate of drug-likeness (QED) is 0.468. The number of hydrogen-bond donors (Lipinski definition) is 3. The lowest BCUT2D eigenvalue weighted by Gasteiger charge is -2.18. The lowest BCUT2D eigenvalue weighted by atomic mass is 10.1. The average molecular weight is 293 g/mol. The van der Waals surface area contributed by atoms with Crippen LogP contribution in [0.1, 0.15) is 39.0 Å². The normalized spacial score (nSPS) is 22.7. The Bertz CT molecular complexity index is 245. The molecule has 18 heavy (non-hydrogen) atoms. The lowest BCUT2D eigenvalue weighted by Crippen LogP contribution is -2.44. The minimum absolute atomic E-state index is 0.0802. The number of carbonyl (C=O) groups excluding carboxylic acids is 1. The Labute approximate surface area is 117 Å². The first-order valence-corrected chi connectivity index (χ1v) is 8.88. The van der Waals surface area contributed by atoms with Crippen molar-refractivity contribution in [3.05, 3.63) is 0 Å². The van der Waals surface area contributed by atoms with E-state index in [0.717, 1.165) is 18.1 Å². The molecule has 0 aromatic carbocycles. The number of nitrogens with one attached hydrogen (secondary N) is 1. The SMILES string of the molecule is C[C@H](O)[C@@H](CO)NC(=O)CCCC[C@H]1CCSS1. The molecule has 4 nitrogen and oxygen atoms in total. The van der Waals surface area contributed by atoms with Gasteiger partial charge >= 0.3 is 0 Å². The molecule has 1 saturated heterocycles. The zero-order valence-corrected chi connectivity index (χ0v) is 12.4. The molecular formula is C12H23NO3S2. The van der Waals surface area contributed by atoms with Crippen molar-refractivity contribution in [2.45, 2.75) is 56.4 Å². The first-order chi connectivity index (χ1) is 8.63. The zero-order chi connectivity index (χ0) is 13.4. The summed E-state index contributed by atoms with van der Waals surface area (Å²) in [6, 6.07) is -0.542. The molecular weight excluding hydrogens is 270 g/mol. The molecule has 3 atom stereocenters. The van der Waals surface area contributed by atoms with Crippen LogP contribution in [0.4, 0.5) is 0 Å². The van der Waals surface area contributed by atoms with Crippen molar-refractivity contribution in [2.24, 2.45) is 0 Å². The minimum atomic E-state index is -0.717. The van der Waals surface area contributed by atoms with Gasteiger partial charge in [-0.05, 0) is 26.2 Å². The van der Waals surface area contributed by atoms with Gasteiger partial charge in [-0.3, -0.25) is 4.79 Å². The maximum atomic E-state index is 11.6. The number of aliphatic hydroxyl groups is 2. The van der Waals surface area contributed by atoms with Gasteiger partial charge in [-0.1, -0.05) is 28.0 Å². The third kappa shape index (κ3) is 6.31. The van der Waals surface area contributed by atoms with Crippen molar-refractivity contribution in [1.82, 2.24) is 5.32 Å². The van der Waals surface area contributed by atoms with Crippen LogP contribution in [0, 0.1) is 0 Å². The monoisotopic (exact) mass is 293 g/mol. The van der Waals surface area contributed by atoms with Crippen LogP contribution in [0.3, 0.4) is 0 Å². The van der Waals surface area contributed by atoms with Gasteiger partial charge in [0.1, 0.15) is 0 Å². The van der Waals surface area contributed by atoms with Gasteiger partial charge < -0.3 is 15.5 Å². The number of carbonyl (C=O) groups is 1. The summed E-state index contributed by atoms with van der Waals surface area (Å²) in [5.41, 5.74) is 0. The van der Waals surface area contributed by atoms with Gasteiger partial charge in [0.15, 0.2) is 0 Å². The zero-order valence-electron chi connectivity index (χ0n) is 10.8. The third-order valence-electron chi connectivity index (χ3n) is 3.03. The Hall–Kier alpha value is 0.0900. The van der Waals surface area contributed by atoms with E-state index in [4.69, 9.17) is 5.11 Å². The van der Waals surface area contributed by atoms with E-state index >= 15 is 0 Å². The van der Waals surface area contributed by atoms with Crippen molar-refractivity contribution >= 4 is 27.5 Å². The van der Waals surface area contributed by atoms with Gasteiger partial charge in [-0.15, -0.1) is 0 Å². The van der Waals surface area contributed by atoms with Crippen molar-refractivity contribution in [2.75, 3.05) is 12.4 Å². The lowest BCUT2D eigenvalue weighted by molar-refractivity contribution is -0.123. The Morgan fingerprint density at radius 3 is 2.83 bits per heavy atom. The van der Waals surface area contributed by atoms with Gasteiger partial charge in [-0.25, -0.2) is 0 Å². The van der Waals surface area contributed by atoms with Gasteiger partial charge in [0, 0.05) is 17.4 Å². The first-order valence-electron chi connectivity index (χ1n) is 6.50. The largest absolute Gasteiger partial charge is 0.394 e. The van der Waals surface area contributed by atoms with Crippen LogP contribution in [-0.2, 0) is 4.79 Å². The summed E-state index contributed by atoms with van der Waals surface area (Å²) in [4.78, 5) is 11.6. The van der Waals surface area contributed by atoms with Crippen molar-refractivity contribution in [3.8, 4) is 0 Å². The third-order valence-corrected chi connectivity index (χ3v) is 6.04. The molecule has 1 amide bonds. The second kappa shape index (κ2) is 9.07. The van der Waals surface area contributed by atoms with E-state index < -0.39 is 12.1 Å². The molecule has 0 bridgehead atoms. The van der Waals surface area contributed by atoms with Crippen LogP contribution in [0.5, 0.6) is 0 Å². The summed E-state index contributed by atoms with van der Waals surface area (Å²) in [5.74, 6) is 1.17. The molecule has 1 aliphatic heterocycles. The van der Waals surface area contributed by atoms with E-state index in [1.54, 1.807) is 6.92 Å². The summed E-state index contributed by atoms with van der Waals surface area (Å²) < 4.78 is 0. The molecule has 106 valence electrons. The maximum Gasteiger partial charge on any atom is 0.220 e. The van der Waals surface area contributed by atoms with Crippen LogP contribution in [-0.4, -0.2) is 45.9 Å². The van der Waals surface area contributed by atoms with E-state index in [0.29, 0.717) is 6.42 Å². The van der Waals surface area contributed by atoms with Crippen molar-refractivity contribution in [1.29, 1.82) is 0 Å².